The Labute approximate surface area is 770 Å². The second-order valence-electron chi connectivity index (χ2n) is 43.0. The summed E-state index contributed by atoms with van der Waals surface area (Å²) in [5.41, 5.74) is 25.2. The zero-order chi connectivity index (χ0) is 91.1. The van der Waals surface area contributed by atoms with Gasteiger partial charge in [-0.2, -0.15) is 10.5 Å². The highest BCUT2D eigenvalue weighted by atomic mass is 19.1. The molecule has 0 aliphatic rings. The Morgan fingerprint density at radius 3 is 0.623 bits per heavy atom. The Morgan fingerprint density at radius 2 is 0.415 bits per heavy atom. The minimum atomic E-state index is -1.19. The fourth-order valence-corrected chi connectivity index (χ4v) is 18.1. The molecule has 0 radical (unpaired) electrons. The van der Waals surface area contributed by atoms with E-state index in [4.69, 9.17) is 5.26 Å². The van der Waals surface area contributed by atoms with E-state index in [1.54, 1.807) is 36.4 Å². The first-order valence-electron chi connectivity index (χ1n) is 44.6. The van der Waals surface area contributed by atoms with Crippen molar-refractivity contribution in [2.75, 3.05) is 0 Å². The molecule has 18 aromatic rings. The van der Waals surface area contributed by atoms with Gasteiger partial charge in [-0.3, -0.25) is 0 Å². The summed E-state index contributed by atoms with van der Waals surface area (Å²) in [6, 6.07) is 98.6. The summed E-state index contributed by atoms with van der Waals surface area (Å²) < 4.78 is 51.4. The Balaban J connectivity index is 0.000000248. The summed E-state index contributed by atoms with van der Waals surface area (Å²) in [7, 11) is 0. The number of nitrogens with zero attached hydrogens (tertiary/aromatic N) is 5. The van der Waals surface area contributed by atoms with E-state index < -0.39 is 34.1 Å². The van der Waals surface area contributed by atoms with Crippen molar-refractivity contribution < 1.29 is 13.2 Å². The van der Waals surface area contributed by atoms with Crippen LogP contribution < -0.4 is 0 Å². The molecule has 0 fully saturated rings. The lowest BCUT2D eigenvalue weighted by Gasteiger charge is -2.29. The maximum atomic E-state index is 14.9. The fraction of sp³-hybridized carbons (Fsp3) is 0.289. The minimum absolute atomic E-state index is 0. The summed E-state index contributed by atoms with van der Waals surface area (Å²) in [6.07, 6.45) is 0. The Hall–Kier alpha value is -13.0. The summed E-state index contributed by atoms with van der Waals surface area (Å²) in [4.78, 5) is 3.54. The van der Waals surface area contributed by atoms with E-state index in [0.717, 1.165) is 72.4 Å². The van der Waals surface area contributed by atoms with Crippen LogP contribution in [0, 0.1) is 40.1 Å². The lowest BCUT2D eigenvalue weighted by molar-refractivity contribution is 0.548. The zero-order valence-corrected chi connectivity index (χ0v) is 78.3. The van der Waals surface area contributed by atoms with Gasteiger partial charge in [0.05, 0.1) is 61.3 Å². The van der Waals surface area contributed by atoms with Crippen molar-refractivity contribution in [2.24, 2.45) is 0 Å². The number of benzene rings is 14. The molecule has 6 nitrogen and oxygen atoms in total. The zero-order valence-electron chi connectivity index (χ0n) is 78.3. The molecule has 0 aliphatic heterocycles. The number of aromatic nitrogens is 4. The molecule has 0 spiro atoms. The van der Waals surface area contributed by atoms with E-state index in [9.17, 15) is 18.4 Å². The number of nitriles is 2. The van der Waals surface area contributed by atoms with Crippen LogP contribution in [-0.2, 0) is 43.3 Å². The second-order valence-corrected chi connectivity index (χ2v) is 43.0. The summed E-state index contributed by atoms with van der Waals surface area (Å²) in [5, 5.41) is 31.7. The summed E-state index contributed by atoms with van der Waals surface area (Å²) in [6.45, 7) is 55.1. The monoisotopic (exact) mass is 1720 g/mol. The highest BCUT2D eigenvalue weighted by Gasteiger charge is 2.37. The summed E-state index contributed by atoms with van der Waals surface area (Å²) >= 11 is 0. The molecule has 4 aromatic heterocycles. The van der Waals surface area contributed by atoms with Crippen molar-refractivity contribution in [3.8, 4) is 73.7 Å². The van der Waals surface area contributed by atoms with Crippen molar-refractivity contribution >= 4 is 87.2 Å². The number of rotatable bonds is 7. The van der Waals surface area contributed by atoms with Crippen molar-refractivity contribution in [2.45, 2.75) is 232 Å². The maximum absolute atomic E-state index is 14.9. The third kappa shape index (κ3) is 17.2. The molecule has 0 saturated carbocycles. The Kier molecular flexibility index (Phi) is 25.1. The predicted molar refractivity (Wildman–Crippen MR) is 553 cm³/mol. The van der Waals surface area contributed by atoms with Gasteiger partial charge in [-0.1, -0.05) is 358 Å². The van der Waals surface area contributed by atoms with Crippen LogP contribution in [0.4, 0.5) is 13.2 Å². The van der Waals surface area contributed by atoms with E-state index in [0.29, 0.717) is 5.56 Å². The van der Waals surface area contributed by atoms with Gasteiger partial charge in [0.15, 0.2) is 11.6 Å². The normalized spacial score (nSPS) is 12.4. The van der Waals surface area contributed by atoms with Crippen LogP contribution in [0.25, 0.3) is 149 Å². The average molecular weight is 1720 g/mol. The van der Waals surface area contributed by atoms with E-state index >= 15 is 0 Å². The molecule has 0 unspecified atom stereocenters. The quantitative estimate of drug-likeness (QED) is 0.173. The molecule has 0 atom stereocenters. The standard InChI is InChI=1S/C79H82N4.C20H25N.C19H10F3N.3CH4/c1-74(2,3)50-29-35-63-56(41-50)57-42-51(75(4,5)6)30-36-64(57)81(63)71-62(47-80)72(82-65-37-31-52(76(7,8)9)43-58(65)59-44-53(77(10,11)12)32-38-66(59)82)70(49-27-23-20-24-28-49)73(69(71)48-25-21-19-22-26-48)83-67-39-33-54(78(13,14)15)45-60(67)61-46-55(79(16,17)18)34-40-68(61)83;1-19(2,3)13-7-9-17-15(11-13)16-12-14(20(4,5)6)8-10-18(16)21-17;20-17-14(11-23)18(21)16(13-9-5-2-6-10-13)19(22)15(17)12-7-3-1-4-8-12;;;/h19-46H,1-18H3;7-12,21H,1-6H3;1-10H;3*1H4. The minimum Gasteiger partial charge on any atom is -0.355 e. The van der Waals surface area contributed by atoms with Gasteiger partial charge in [0.1, 0.15) is 29.1 Å². The highest BCUT2D eigenvalue weighted by molar-refractivity contribution is 6.17. The first-order valence-corrected chi connectivity index (χ1v) is 44.6. The topological polar surface area (TPSA) is 78.2 Å². The molecule has 1 N–H and O–H groups in total. The molecule has 0 saturated heterocycles. The van der Waals surface area contributed by atoms with Gasteiger partial charge in [-0.25, -0.2) is 13.2 Å². The molecule has 0 aliphatic carbocycles. The van der Waals surface area contributed by atoms with E-state index in [1.807, 2.05) is 0 Å². The number of fused-ring (bicyclic) bond motifs is 12. The Morgan fingerprint density at radius 1 is 0.223 bits per heavy atom. The van der Waals surface area contributed by atoms with Gasteiger partial charge in [0.2, 0.25) is 0 Å². The molecule has 130 heavy (non-hydrogen) atoms. The number of aromatic amines is 1. The SMILES string of the molecule is C.C.C.CC(C)(C)c1ccc2[nH]c3ccc(C(C)(C)C)cc3c2c1.CC(C)(C)c1ccc2c(c1)c1cc(C(C)(C)C)ccc1n2-c1c(C#N)c(-n2c3ccc(C(C)(C)C)cc3c3cc(C(C)(C)C)ccc32)c(-c2ccccc2)c(-n2c3ccc(C(C)(C)C)cc3c3cc(C(C)(C)C)ccc32)c1-c1ccccc1.N#Cc1c(F)c(-c2ccccc2)c(F)c(-c2ccccc2)c1F. The van der Waals surface area contributed by atoms with Gasteiger partial charge >= 0.3 is 0 Å². The van der Waals surface area contributed by atoms with Crippen LogP contribution in [0.5, 0.6) is 0 Å². The van der Waals surface area contributed by atoms with Crippen LogP contribution in [-0.4, -0.2) is 18.7 Å². The lowest BCUT2D eigenvalue weighted by atomic mass is 9.85. The number of nitrogens with one attached hydrogen (secondary N) is 1. The lowest BCUT2D eigenvalue weighted by Crippen LogP contribution is -2.14. The van der Waals surface area contributed by atoms with Crippen molar-refractivity contribution in [1.82, 2.24) is 18.7 Å². The molecular formula is C121H129F3N6. The largest absolute Gasteiger partial charge is 0.355 e. The van der Waals surface area contributed by atoms with Gasteiger partial charge in [0, 0.05) is 65.3 Å². The molecular weight excluding hydrogens is 1590 g/mol. The predicted octanol–water partition coefficient (Wildman–Crippen LogP) is 35.1. The molecule has 0 amide bonds. The van der Waals surface area contributed by atoms with Crippen LogP contribution >= 0.6 is 0 Å². The summed E-state index contributed by atoms with van der Waals surface area (Å²) in [5.74, 6) is -3.39. The van der Waals surface area contributed by atoms with Crippen molar-refractivity contribution in [3.05, 3.63) is 340 Å². The molecule has 14 aromatic carbocycles. The number of H-pyrrole nitrogens is 1. The highest BCUT2D eigenvalue weighted by Crippen LogP contribution is 2.54. The van der Waals surface area contributed by atoms with E-state index in [-0.39, 0.29) is 76.7 Å². The molecule has 9 heteroatoms. The number of hydrogen-bond acceptors (Lipinski definition) is 2. The van der Waals surface area contributed by atoms with E-state index in [2.05, 4.69) is 397 Å². The third-order valence-electron chi connectivity index (χ3n) is 25.7. The van der Waals surface area contributed by atoms with Crippen LogP contribution in [0.2, 0.25) is 0 Å². The van der Waals surface area contributed by atoms with Crippen LogP contribution in [0.1, 0.15) is 244 Å². The molecule has 18 rings (SSSR count). The Bertz CT molecular complexity index is 6900. The smallest absolute Gasteiger partial charge is 0.154 e. The first kappa shape index (κ1) is 94.7. The average Bonchev–Trinajstić information content (AvgIpc) is 1.49. The van der Waals surface area contributed by atoms with Gasteiger partial charge in [0.25, 0.3) is 0 Å². The first-order chi connectivity index (χ1) is 59.8. The van der Waals surface area contributed by atoms with Gasteiger partial charge in [-0.15, -0.1) is 0 Å². The van der Waals surface area contributed by atoms with Gasteiger partial charge in [-0.05, 0) is 207 Å². The van der Waals surface area contributed by atoms with E-state index in [1.165, 1.54) is 129 Å². The van der Waals surface area contributed by atoms with Crippen molar-refractivity contribution in [1.29, 1.82) is 10.5 Å². The van der Waals surface area contributed by atoms with Crippen LogP contribution in [0.3, 0.4) is 0 Å². The molecule has 0 bridgehead atoms. The maximum Gasteiger partial charge on any atom is 0.154 e. The number of hydrogen-bond donors (Lipinski definition) is 1. The number of halogens is 3. The van der Waals surface area contributed by atoms with Gasteiger partial charge < -0.3 is 18.7 Å². The van der Waals surface area contributed by atoms with Crippen molar-refractivity contribution in [3.63, 3.8) is 0 Å². The molecule has 664 valence electrons. The third-order valence-corrected chi connectivity index (χ3v) is 25.7. The fourth-order valence-electron chi connectivity index (χ4n) is 18.1. The molecule has 4 heterocycles. The second kappa shape index (κ2) is 34.5. The van der Waals surface area contributed by atoms with Crippen LogP contribution in [0.15, 0.2) is 267 Å².